The molecule has 0 aromatic carbocycles. The van der Waals surface area contributed by atoms with Gasteiger partial charge in [-0.2, -0.15) is 18.3 Å². The number of carbonyl (C=O) groups is 2. The molecule has 0 aliphatic carbocycles. The minimum absolute atomic E-state index is 0.188. The van der Waals surface area contributed by atoms with Crippen molar-refractivity contribution >= 4 is 18.5 Å². The maximum absolute atomic E-state index is 11.7. The normalized spacial score (nSPS) is 11.4. The van der Waals surface area contributed by atoms with Gasteiger partial charge in [-0.3, -0.25) is 9.59 Å². The fraction of sp³-hybridized carbons (Fsp3) is 0.500. The Hall–Kier alpha value is -1.60. The van der Waals surface area contributed by atoms with E-state index in [0.29, 0.717) is 11.1 Å². The number of rotatable bonds is 4. The first kappa shape index (κ1) is 12.4. The predicted molar refractivity (Wildman–Crippen MR) is 41.4 cm³/mol. The molecule has 80 valence electrons. The van der Waals surface area contributed by atoms with Gasteiger partial charge in [0, 0.05) is 7.05 Å². The Morgan fingerprint density at radius 1 is 1.57 bits per heavy atom. The molecule has 0 saturated heterocycles. The summed E-state index contributed by atoms with van der Waals surface area (Å²) in [7, 11) is 0.975. The van der Waals surface area contributed by atoms with Crippen LogP contribution in [0.2, 0.25) is 0 Å². The quantitative estimate of drug-likeness (QED) is 0.395. The summed E-state index contributed by atoms with van der Waals surface area (Å²) in [6, 6.07) is 0. The lowest BCUT2D eigenvalue weighted by atomic mass is 10.5. The average Bonchev–Trinajstić information content (AvgIpc) is 2.01. The van der Waals surface area contributed by atoms with Crippen LogP contribution in [-0.2, 0) is 9.59 Å². The van der Waals surface area contributed by atoms with Crippen LogP contribution >= 0.6 is 0 Å². The highest BCUT2D eigenvalue weighted by Gasteiger charge is 2.30. The lowest BCUT2D eigenvalue weighted by Gasteiger charge is -2.16. The molecule has 14 heavy (non-hydrogen) atoms. The number of hydrogen-bond donors (Lipinski definition) is 1. The van der Waals surface area contributed by atoms with Gasteiger partial charge in [0.1, 0.15) is 12.8 Å². The molecule has 2 amide bonds. The zero-order valence-corrected chi connectivity index (χ0v) is 7.21. The van der Waals surface area contributed by atoms with Crippen LogP contribution < -0.4 is 5.43 Å². The van der Waals surface area contributed by atoms with Crippen LogP contribution in [0.25, 0.3) is 0 Å². The summed E-state index contributed by atoms with van der Waals surface area (Å²) < 4.78 is 35.2. The second-order valence-electron chi connectivity index (χ2n) is 2.31. The molecule has 0 heterocycles. The van der Waals surface area contributed by atoms with E-state index in [2.05, 4.69) is 5.10 Å². The fourth-order valence-electron chi connectivity index (χ4n) is 0.568. The van der Waals surface area contributed by atoms with E-state index in [0.717, 1.165) is 7.05 Å². The third-order valence-electron chi connectivity index (χ3n) is 1.09. The highest BCUT2D eigenvalue weighted by Crippen LogP contribution is 2.15. The van der Waals surface area contributed by atoms with Crippen LogP contribution in [-0.4, -0.2) is 43.2 Å². The van der Waals surface area contributed by atoms with Crippen molar-refractivity contribution < 1.29 is 22.8 Å². The van der Waals surface area contributed by atoms with Crippen molar-refractivity contribution in [3.63, 3.8) is 0 Å². The van der Waals surface area contributed by atoms with Gasteiger partial charge in [0.15, 0.2) is 0 Å². The standard InChI is InChI=1S/C6H8F3N3O2/c1-12(3-6(7,8)9)5(14)2-10-11-4-13/h2,4H,3H2,1H3,(H,11,13)/b10-2-. The Balaban J connectivity index is 4.06. The first-order valence-corrected chi connectivity index (χ1v) is 3.41. The van der Waals surface area contributed by atoms with Gasteiger partial charge in [0.25, 0.3) is 5.91 Å². The Bertz CT molecular complexity index is 239. The number of nitrogens with one attached hydrogen (secondary N) is 1. The van der Waals surface area contributed by atoms with Crippen LogP contribution in [0.5, 0.6) is 0 Å². The monoisotopic (exact) mass is 211 g/mol. The first-order chi connectivity index (χ1) is 6.37. The van der Waals surface area contributed by atoms with Crippen molar-refractivity contribution in [2.24, 2.45) is 5.10 Å². The lowest BCUT2D eigenvalue weighted by molar-refractivity contribution is -0.154. The number of halogens is 3. The van der Waals surface area contributed by atoms with Crippen molar-refractivity contribution in [1.29, 1.82) is 0 Å². The van der Waals surface area contributed by atoms with E-state index in [1.807, 2.05) is 0 Å². The van der Waals surface area contributed by atoms with Crippen LogP contribution in [0, 0.1) is 0 Å². The summed E-state index contributed by atoms with van der Waals surface area (Å²) in [5, 5.41) is 3.04. The number of carbonyl (C=O) groups excluding carboxylic acids is 2. The number of alkyl halides is 3. The Morgan fingerprint density at radius 3 is 2.57 bits per heavy atom. The highest BCUT2D eigenvalue weighted by molar-refractivity contribution is 6.26. The zero-order chi connectivity index (χ0) is 11.2. The van der Waals surface area contributed by atoms with E-state index >= 15 is 0 Å². The maximum atomic E-state index is 11.7. The summed E-state index contributed by atoms with van der Waals surface area (Å²) >= 11 is 0. The van der Waals surface area contributed by atoms with Gasteiger partial charge in [0.2, 0.25) is 6.41 Å². The van der Waals surface area contributed by atoms with Gasteiger partial charge in [-0.15, -0.1) is 0 Å². The van der Waals surface area contributed by atoms with E-state index in [1.165, 1.54) is 0 Å². The Labute approximate surface area is 77.6 Å². The summed E-state index contributed by atoms with van der Waals surface area (Å²) in [5.74, 6) is -0.948. The van der Waals surface area contributed by atoms with Crippen LogP contribution in [0.3, 0.4) is 0 Å². The molecule has 8 heteroatoms. The molecule has 0 fully saturated rings. The molecule has 0 aromatic rings. The van der Waals surface area contributed by atoms with Crippen molar-refractivity contribution in [2.75, 3.05) is 13.6 Å². The van der Waals surface area contributed by atoms with E-state index in [-0.39, 0.29) is 6.41 Å². The largest absolute Gasteiger partial charge is 0.406 e. The van der Waals surface area contributed by atoms with E-state index < -0.39 is 18.6 Å². The summed E-state index contributed by atoms with van der Waals surface area (Å²) in [6.07, 6.45) is -3.68. The van der Waals surface area contributed by atoms with Gasteiger partial charge in [-0.1, -0.05) is 0 Å². The molecule has 0 rings (SSSR count). The molecule has 0 aromatic heterocycles. The van der Waals surface area contributed by atoms with Crippen LogP contribution in [0.4, 0.5) is 13.2 Å². The van der Waals surface area contributed by atoms with Gasteiger partial charge in [-0.05, 0) is 0 Å². The summed E-state index contributed by atoms with van der Waals surface area (Å²) in [5.41, 5.74) is 1.76. The van der Waals surface area contributed by atoms with Gasteiger partial charge < -0.3 is 4.90 Å². The number of hydrogen-bond acceptors (Lipinski definition) is 3. The molecule has 0 unspecified atom stereocenters. The van der Waals surface area contributed by atoms with Gasteiger partial charge in [-0.25, -0.2) is 5.43 Å². The lowest BCUT2D eigenvalue weighted by Crippen LogP contribution is -2.36. The molecule has 0 aliphatic heterocycles. The smallest absolute Gasteiger partial charge is 0.332 e. The minimum Gasteiger partial charge on any atom is -0.332 e. The fourth-order valence-corrected chi connectivity index (χ4v) is 0.568. The van der Waals surface area contributed by atoms with Crippen molar-refractivity contribution in [3.05, 3.63) is 0 Å². The first-order valence-electron chi connectivity index (χ1n) is 3.41. The number of amides is 2. The molecule has 0 saturated carbocycles. The third kappa shape index (κ3) is 5.98. The molecular weight excluding hydrogens is 203 g/mol. The molecule has 0 bridgehead atoms. The second kappa shape index (κ2) is 5.20. The maximum Gasteiger partial charge on any atom is 0.406 e. The average molecular weight is 211 g/mol. The molecule has 0 radical (unpaired) electrons. The molecule has 5 nitrogen and oxygen atoms in total. The van der Waals surface area contributed by atoms with Gasteiger partial charge in [0.05, 0.1) is 0 Å². The van der Waals surface area contributed by atoms with Crippen molar-refractivity contribution in [1.82, 2.24) is 10.3 Å². The number of nitrogens with zero attached hydrogens (tertiary/aromatic N) is 2. The van der Waals surface area contributed by atoms with Crippen molar-refractivity contribution in [2.45, 2.75) is 6.18 Å². The van der Waals surface area contributed by atoms with Crippen LogP contribution in [0.1, 0.15) is 0 Å². The molecule has 0 atom stereocenters. The SMILES string of the molecule is CN(CC(F)(F)F)C(=O)/C=N\NC=O. The van der Waals surface area contributed by atoms with Crippen molar-refractivity contribution in [3.8, 4) is 0 Å². The minimum atomic E-state index is -4.45. The third-order valence-corrected chi connectivity index (χ3v) is 1.09. The summed E-state index contributed by atoms with van der Waals surface area (Å²) in [4.78, 5) is 20.9. The van der Waals surface area contributed by atoms with Crippen LogP contribution in [0.15, 0.2) is 5.10 Å². The zero-order valence-electron chi connectivity index (χ0n) is 7.21. The Kier molecular flexibility index (Phi) is 4.60. The van der Waals surface area contributed by atoms with Gasteiger partial charge >= 0.3 is 6.18 Å². The molecule has 0 aliphatic rings. The summed E-state index contributed by atoms with van der Waals surface area (Å²) in [6.45, 7) is -1.36. The Morgan fingerprint density at radius 2 is 2.14 bits per heavy atom. The molecular formula is C6H8F3N3O2. The topological polar surface area (TPSA) is 61.8 Å². The van der Waals surface area contributed by atoms with E-state index in [1.54, 1.807) is 5.43 Å². The molecule has 0 spiro atoms. The predicted octanol–water partition coefficient (Wildman–Crippen LogP) is -0.261. The highest BCUT2D eigenvalue weighted by atomic mass is 19.4. The van der Waals surface area contributed by atoms with E-state index in [4.69, 9.17) is 0 Å². The number of hydrazone groups is 1. The molecule has 1 N–H and O–H groups in total. The second-order valence-corrected chi connectivity index (χ2v) is 2.31. The van der Waals surface area contributed by atoms with E-state index in [9.17, 15) is 22.8 Å².